The van der Waals surface area contributed by atoms with Crippen LogP contribution in [0.4, 0.5) is 0 Å². The number of carboxylic acid groups (broad SMARTS) is 1. The summed E-state index contributed by atoms with van der Waals surface area (Å²) in [5.41, 5.74) is -0.114. The molecule has 2 bridgehead atoms. The Hall–Kier alpha value is -1.56. The van der Waals surface area contributed by atoms with Gasteiger partial charge in [0, 0.05) is 25.1 Å². The minimum absolute atomic E-state index is 0.114. The summed E-state index contributed by atoms with van der Waals surface area (Å²) in [5.74, 6) is 2.05. The van der Waals surface area contributed by atoms with Crippen molar-refractivity contribution in [1.82, 2.24) is 10.1 Å². The second kappa shape index (κ2) is 4.52. The van der Waals surface area contributed by atoms with Crippen LogP contribution in [-0.4, -0.2) is 41.3 Å². The van der Waals surface area contributed by atoms with Crippen LogP contribution in [0.2, 0.25) is 0 Å². The molecule has 1 atom stereocenters. The van der Waals surface area contributed by atoms with Gasteiger partial charge in [0.2, 0.25) is 0 Å². The lowest BCUT2D eigenvalue weighted by Crippen LogP contribution is -2.54. The van der Waals surface area contributed by atoms with Crippen LogP contribution in [0.5, 0.6) is 0 Å². The summed E-state index contributed by atoms with van der Waals surface area (Å²) in [7, 11) is 0. The van der Waals surface area contributed by atoms with Crippen molar-refractivity contribution < 1.29 is 14.4 Å². The highest BCUT2D eigenvalue weighted by Crippen LogP contribution is 2.38. The quantitative estimate of drug-likeness (QED) is 0.662. The molecule has 3 aliphatic rings. The largest absolute Gasteiger partial charge is 0.483 e. The van der Waals surface area contributed by atoms with Crippen LogP contribution >= 0.6 is 0 Å². The Balaban J connectivity index is 0.000000292. The molecule has 1 aromatic heterocycles. The molecule has 6 heteroatoms. The molecule has 0 amide bonds. The predicted molar refractivity (Wildman–Crippen MR) is 55.3 cm³/mol. The van der Waals surface area contributed by atoms with Crippen LogP contribution in [0.25, 0.3) is 0 Å². The van der Waals surface area contributed by atoms with Gasteiger partial charge in [-0.05, 0) is 18.9 Å². The van der Waals surface area contributed by atoms with Crippen LogP contribution in [-0.2, 0) is 4.79 Å². The number of carbonyl (C=O) groups is 1. The summed E-state index contributed by atoms with van der Waals surface area (Å²) in [6, 6.07) is 1.60. The van der Waals surface area contributed by atoms with Gasteiger partial charge in [0.25, 0.3) is 12.0 Å². The zero-order chi connectivity index (χ0) is 11.5. The van der Waals surface area contributed by atoms with E-state index in [4.69, 9.17) is 14.4 Å². The molecule has 3 saturated heterocycles. The summed E-state index contributed by atoms with van der Waals surface area (Å²) in [6.07, 6.45) is 1.13. The fourth-order valence-electron chi connectivity index (χ4n) is 2.46. The summed E-state index contributed by atoms with van der Waals surface area (Å²) in [6.45, 7) is 3.26. The highest BCUT2D eigenvalue weighted by atomic mass is 16.5. The standard InChI is InChI=1S/C9H12N2O2.CH2O2/c12-9-3-8(13-10-9)7-1-2-11-4-6(7)5-11;2-1-3/h3,6-7H,1-2,4-5H2,(H,10,12);1H,(H,2,3). The minimum atomic E-state index is -0.250. The minimum Gasteiger partial charge on any atom is -0.483 e. The van der Waals surface area contributed by atoms with Crippen molar-refractivity contribution in [1.29, 1.82) is 0 Å². The van der Waals surface area contributed by atoms with Crippen molar-refractivity contribution in [2.45, 2.75) is 12.3 Å². The molecule has 4 heterocycles. The fraction of sp³-hybridized carbons (Fsp3) is 0.600. The van der Waals surface area contributed by atoms with E-state index in [-0.39, 0.29) is 12.0 Å². The molecule has 1 aromatic rings. The van der Waals surface area contributed by atoms with Gasteiger partial charge in [0.15, 0.2) is 0 Å². The predicted octanol–water partition coefficient (Wildman–Crippen LogP) is 0.0878. The van der Waals surface area contributed by atoms with E-state index in [9.17, 15) is 4.79 Å². The summed E-state index contributed by atoms with van der Waals surface area (Å²) >= 11 is 0. The maximum atomic E-state index is 10.9. The third-order valence-electron chi connectivity index (χ3n) is 3.22. The van der Waals surface area contributed by atoms with Crippen molar-refractivity contribution in [3.05, 3.63) is 22.2 Å². The molecular weight excluding hydrogens is 212 g/mol. The molecule has 6 nitrogen and oxygen atoms in total. The van der Waals surface area contributed by atoms with Crippen LogP contribution in [0.1, 0.15) is 18.1 Å². The number of hydrogen-bond donors (Lipinski definition) is 2. The number of nitrogens with one attached hydrogen (secondary N) is 1. The SMILES string of the molecule is O=CO.O=c1cc(C2CCN3CC2C3)o[nH]1. The number of nitrogens with zero attached hydrogens (tertiary/aromatic N) is 1. The Morgan fingerprint density at radius 2 is 2.25 bits per heavy atom. The molecule has 4 rings (SSSR count). The summed E-state index contributed by atoms with van der Waals surface area (Å²) < 4.78 is 5.14. The van der Waals surface area contributed by atoms with Crippen molar-refractivity contribution in [2.24, 2.45) is 5.92 Å². The molecule has 1 unspecified atom stereocenters. The molecule has 2 N–H and O–H groups in total. The lowest BCUT2D eigenvalue weighted by Gasteiger charge is -2.48. The first kappa shape index (κ1) is 10.9. The van der Waals surface area contributed by atoms with E-state index in [1.54, 1.807) is 6.07 Å². The van der Waals surface area contributed by atoms with E-state index >= 15 is 0 Å². The lowest BCUT2D eigenvalue weighted by molar-refractivity contribution is -0.122. The molecule has 0 radical (unpaired) electrons. The van der Waals surface area contributed by atoms with Crippen molar-refractivity contribution in [2.75, 3.05) is 19.6 Å². The van der Waals surface area contributed by atoms with Gasteiger partial charge >= 0.3 is 0 Å². The Kier molecular flexibility index (Phi) is 3.09. The van der Waals surface area contributed by atoms with Crippen LogP contribution in [0.15, 0.2) is 15.4 Å². The third kappa shape index (κ3) is 2.01. The van der Waals surface area contributed by atoms with Gasteiger partial charge in [0.05, 0.1) is 0 Å². The summed E-state index contributed by atoms with van der Waals surface area (Å²) in [4.78, 5) is 21.7. The fourth-order valence-corrected chi connectivity index (χ4v) is 2.46. The van der Waals surface area contributed by atoms with Gasteiger partial charge in [0.1, 0.15) is 5.76 Å². The second-order valence-electron chi connectivity index (χ2n) is 4.14. The number of rotatable bonds is 1. The molecule has 0 spiro atoms. The van der Waals surface area contributed by atoms with E-state index in [1.807, 2.05) is 0 Å². The van der Waals surface area contributed by atoms with E-state index in [0.717, 1.165) is 18.7 Å². The highest BCUT2D eigenvalue weighted by molar-refractivity contribution is 5.32. The van der Waals surface area contributed by atoms with Crippen LogP contribution in [0, 0.1) is 5.92 Å². The van der Waals surface area contributed by atoms with Gasteiger partial charge < -0.3 is 14.5 Å². The Labute approximate surface area is 91.8 Å². The average molecular weight is 226 g/mol. The number of hydrogen-bond acceptors (Lipinski definition) is 4. The molecule has 0 aromatic carbocycles. The van der Waals surface area contributed by atoms with Gasteiger partial charge in [-0.15, -0.1) is 0 Å². The van der Waals surface area contributed by atoms with Crippen LogP contribution in [0.3, 0.4) is 0 Å². The van der Waals surface area contributed by atoms with Crippen LogP contribution < -0.4 is 5.56 Å². The molecule has 88 valence electrons. The molecule has 0 saturated carbocycles. The smallest absolute Gasteiger partial charge is 0.290 e. The topological polar surface area (TPSA) is 86.5 Å². The normalized spacial score (nSPS) is 30.9. The number of aromatic amines is 1. The first-order valence-corrected chi connectivity index (χ1v) is 5.23. The van der Waals surface area contributed by atoms with E-state index in [0.29, 0.717) is 11.8 Å². The molecule has 3 fully saturated rings. The number of piperidine rings is 2. The van der Waals surface area contributed by atoms with Crippen molar-refractivity contribution in [3.8, 4) is 0 Å². The van der Waals surface area contributed by atoms with Gasteiger partial charge in [-0.3, -0.25) is 9.59 Å². The maximum absolute atomic E-state index is 10.9. The molecule has 0 aliphatic carbocycles. The van der Waals surface area contributed by atoms with Crippen molar-refractivity contribution >= 4 is 6.47 Å². The first-order chi connectivity index (χ1) is 7.74. The average Bonchev–Trinajstić information content (AvgIpc) is 2.65. The highest BCUT2D eigenvalue weighted by Gasteiger charge is 2.40. The van der Waals surface area contributed by atoms with E-state index < -0.39 is 0 Å². The number of H-pyrrole nitrogens is 1. The molecular formula is C10H14N2O4. The Morgan fingerprint density at radius 3 is 2.69 bits per heavy atom. The second-order valence-corrected chi connectivity index (χ2v) is 4.14. The zero-order valence-electron chi connectivity index (χ0n) is 8.76. The monoisotopic (exact) mass is 226 g/mol. The third-order valence-corrected chi connectivity index (χ3v) is 3.22. The molecule has 16 heavy (non-hydrogen) atoms. The Bertz CT molecular complexity index is 402. The molecule has 3 aliphatic heterocycles. The van der Waals surface area contributed by atoms with Gasteiger partial charge in [-0.2, -0.15) is 5.16 Å². The van der Waals surface area contributed by atoms with E-state index in [1.165, 1.54) is 13.1 Å². The van der Waals surface area contributed by atoms with Crippen molar-refractivity contribution in [3.63, 3.8) is 0 Å². The lowest BCUT2D eigenvalue weighted by atomic mass is 9.77. The number of fused-ring (bicyclic) bond motifs is 2. The first-order valence-electron chi connectivity index (χ1n) is 5.23. The maximum Gasteiger partial charge on any atom is 0.290 e. The Morgan fingerprint density at radius 1 is 1.56 bits per heavy atom. The van der Waals surface area contributed by atoms with Gasteiger partial charge in [-0.25, -0.2) is 0 Å². The zero-order valence-corrected chi connectivity index (χ0v) is 8.76. The number of aromatic nitrogens is 1. The summed E-state index contributed by atoms with van der Waals surface area (Å²) in [5, 5.41) is 9.25. The van der Waals surface area contributed by atoms with E-state index in [2.05, 4.69) is 10.1 Å². The van der Waals surface area contributed by atoms with Gasteiger partial charge in [-0.1, -0.05) is 0 Å².